The van der Waals surface area contributed by atoms with Crippen LogP contribution in [-0.2, 0) is 17.4 Å². The number of nitrogens with zero attached hydrogens (tertiary/aromatic N) is 3. The van der Waals surface area contributed by atoms with Gasteiger partial charge in [0.25, 0.3) is 0 Å². The van der Waals surface area contributed by atoms with E-state index in [0.717, 1.165) is 23.5 Å². The highest BCUT2D eigenvalue weighted by Gasteiger charge is 2.29. The largest absolute Gasteiger partial charge is 0.416 e. The van der Waals surface area contributed by atoms with Crippen molar-refractivity contribution in [1.29, 1.82) is 0 Å². The molecule has 0 aliphatic rings. The predicted octanol–water partition coefficient (Wildman–Crippen LogP) is 4.49. The summed E-state index contributed by atoms with van der Waals surface area (Å²) in [6.07, 6.45) is -2.76. The van der Waals surface area contributed by atoms with Gasteiger partial charge in [-0.3, -0.25) is 4.79 Å². The first-order chi connectivity index (χ1) is 14.2. The number of amides is 1. The molecule has 0 unspecified atom stereocenters. The van der Waals surface area contributed by atoms with Crippen molar-refractivity contribution in [2.24, 2.45) is 0 Å². The van der Waals surface area contributed by atoms with Crippen molar-refractivity contribution in [2.75, 3.05) is 29.6 Å². The average Bonchev–Trinajstić information content (AvgIpc) is 2.69. The number of carbonyl (C=O) groups is 1. The molecule has 0 spiro atoms. The second kappa shape index (κ2) is 8.81. The van der Waals surface area contributed by atoms with Crippen molar-refractivity contribution in [2.45, 2.75) is 12.6 Å². The van der Waals surface area contributed by atoms with E-state index in [9.17, 15) is 18.0 Å². The van der Waals surface area contributed by atoms with Gasteiger partial charge in [0.2, 0.25) is 5.91 Å². The van der Waals surface area contributed by atoms with Crippen LogP contribution in [-0.4, -0.2) is 30.2 Å². The van der Waals surface area contributed by atoms with Gasteiger partial charge in [-0.15, -0.1) is 5.10 Å². The molecule has 6 nitrogen and oxygen atoms in total. The molecule has 0 saturated carbocycles. The van der Waals surface area contributed by atoms with Gasteiger partial charge in [-0.05, 0) is 42.0 Å². The summed E-state index contributed by atoms with van der Waals surface area (Å²) in [5, 5.41) is 13.8. The number of nitrogens with one attached hydrogen (secondary N) is 2. The molecule has 156 valence electrons. The minimum absolute atomic E-state index is 0.0228. The first-order valence-electron chi connectivity index (χ1n) is 9.04. The molecular formula is C21H20F3N5O. The fraction of sp³-hybridized carbons (Fsp3) is 0.190. The SMILES string of the molecule is CN(C)c1cnnc(Nc2ccc(NC(=O)Cc3ccc(C(F)(F)F)cc3)cc2)c1. The third-order valence-electron chi connectivity index (χ3n) is 4.24. The zero-order valence-corrected chi connectivity index (χ0v) is 16.4. The smallest absolute Gasteiger partial charge is 0.376 e. The van der Waals surface area contributed by atoms with E-state index in [0.29, 0.717) is 17.1 Å². The van der Waals surface area contributed by atoms with Gasteiger partial charge in [-0.2, -0.15) is 18.3 Å². The second-order valence-corrected chi connectivity index (χ2v) is 6.82. The first kappa shape index (κ1) is 21.1. The molecule has 0 radical (unpaired) electrons. The Hall–Kier alpha value is -3.62. The molecule has 2 aromatic carbocycles. The molecule has 1 aromatic heterocycles. The van der Waals surface area contributed by atoms with Crippen LogP contribution in [0.2, 0.25) is 0 Å². The number of alkyl halides is 3. The van der Waals surface area contributed by atoms with Crippen LogP contribution in [0.15, 0.2) is 60.8 Å². The molecular weight excluding hydrogens is 395 g/mol. The minimum Gasteiger partial charge on any atom is -0.376 e. The fourth-order valence-corrected chi connectivity index (χ4v) is 2.65. The summed E-state index contributed by atoms with van der Waals surface area (Å²) in [6, 6.07) is 13.4. The second-order valence-electron chi connectivity index (χ2n) is 6.82. The van der Waals surface area contributed by atoms with Crippen LogP contribution in [0.25, 0.3) is 0 Å². The van der Waals surface area contributed by atoms with E-state index in [1.165, 1.54) is 12.1 Å². The van der Waals surface area contributed by atoms with Crippen LogP contribution < -0.4 is 15.5 Å². The van der Waals surface area contributed by atoms with E-state index in [-0.39, 0.29) is 12.3 Å². The van der Waals surface area contributed by atoms with Crippen molar-refractivity contribution in [3.63, 3.8) is 0 Å². The summed E-state index contributed by atoms with van der Waals surface area (Å²) in [4.78, 5) is 14.1. The predicted molar refractivity (Wildman–Crippen MR) is 110 cm³/mol. The van der Waals surface area contributed by atoms with Crippen LogP contribution in [0.1, 0.15) is 11.1 Å². The Labute approximate surface area is 171 Å². The Morgan fingerprint density at radius 2 is 1.63 bits per heavy atom. The zero-order chi connectivity index (χ0) is 21.7. The molecule has 1 amide bonds. The van der Waals surface area contributed by atoms with Gasteiger partial charge < -0.3 is 15.5 Å². The molecule has 0 bridgehead atoms. The number of anilines is 4. The van der Waals surface area contributed by atoms with Crippen molar-refractivity contribution < 1.29 is 18.0 Å². The van der Waals surface area contributed by atoms with Gasteiger partial charge in [-0.25, -0.2) is 0 Å². The van der Waals surface area contributed by atoms with Crippen molar-refractivity contribution in [3.8, 4) is 0 Å². The van der Waals surface area contributed by atoms with Gasteiger partial charge >= 0.3 is 6.18 Å². The maximum atomic E-state index is 12.6. The summed E-state index contributed by atoms with van der Waals surface area (Å²) >= 11 is 0. The number of carbonyl (C=O) groups excluding carboxylic acids is 1. The monoisotopic (exact) mass is 415 g/mol. The number of aromatic nitrogens is 2. The third-order valence-corrected chi connectivity index (χ3v) is 4.24. The summed E-state index contributed by atoms with van der Waals surface area (Å²) in [7, 11) is 3.81. The van der Waals surface area contributed by atoms with Crippen LogP contribution in [0.3, 0.4) is 0 Å². The Bertz CT molecular complexity index is 1000. The van der Waals surface area contributed by atoms with E-state index in [4.69, 9.17) is 0 Å². The molecule has 30 heavy (non-hydrogen) atoms. The molecule has 0 fully saturated rings. The van der Waals surface area contributed by atoms with E-state index < -0.39 is 11.7 Å². The van der Waals surface area contributed by atoms with Crippen LogP contribution in [0.4, 0.5) is 36.1 Å². The maximum Gasteiger partial charge on any atom is 0.416 e. The molecule has 3 aromatic rings. The molecule has 3 rings (SSSR count). The lowest BCUT2D eigenvalue weighted by molar-refractivity contribution is -0.137. The lowest BCUT2D eigenvalue weighted by atomic mass is 10.1. The normalized spacial score (nSPS) is 11.1. The molecule has 0 atom stereocenters. The van der Waals surface area contributed by atoms with Gasteiger partial charge in [0.15, 0.2) is 5.82 Å². The number of hydrogen-bond acceptors (Lipinski definition) is 5. The fourth-order valence-electron chi connectivity index (χ4n) is 2.65. The topological polar surface area (TPSA) is 70.2 Å². The number of hydrogen-bond donors (Lipinski definition) is 2. The number of rotatable bonds is 6. The third kappa shape index (κ3) is 5.69. The van der Waals surface area contributed by atoms with Crippen molar-refractivity contribution >= 4 is 28.8 Å². The van der Waals surface area contributed by atoms with Crippen LogP contribution in [0, 0.1) is 0 Å². The number of halogens is 3. The Morgan fingerprint density at radius 1 is 1.00 bits per heavy atom. The zero-order valence-electron chi connectivity index (χ0n) is 16.4. The van der Waals surface area contributed by atoms with E-state index in [1.54, 1.807) is 30.5 Å². The van der Waals surface area contributed by atoms with Crippen LogP contribution >= 0.6 is 0 Å². The Kier molecular flexibility index (Phi) is 6.20. The van der Waals surface area contributed by atoms with Crippen molar-refractivity contribution in [1.82, 2.24) is 10.2 Å². The highest BCUT2D eigenvalue weighted by molar-refractivity contribution is 5.92. The molecule has 0 aliphatic carbocycles. The molecule has 0 aliphatic heterocycles. The summed E-state index contributed by atoms with van der Waals surface area (Å²) in [5.74, 6) is 0.264. The minimum atomic E-state index is -4.39. The quantitative estimate of drug-likeness (QED) is 0.621. The lowest BCUT2D eigenvalue weighted by Crippen LogP contribution is -2.14. The first-order valence-corrected chi connectivity index (χ1v) is 9.04. The maximum absolute atomic E-state index is 12.6. The Morgan fingerprint density at radius 3 is 2.23 bits per heavy atom. The van der Waals surface area contributed by atoms with Gasteiger partial charge in [0.1, 0.15) is 0 Å². The van der Waals surface area contributed by atoms with Gasteiger partial charge in [0, 0.05) is 31.5 Å². The number of benzene rings is 2. The highest BCUT2D eigenvalue weighted by Crippen LogP contribution is 2.29. The highest BCUT2D eigenvalue weighted by atomic mass is 19.4. The van der Waals surface area contributed by atoms with E-state index in [1.807, 2.05) is 25.1 Å². The average molecular weight is 415 g/mol. The van der Waals surface area contributed by atoms with E-state index >= 15 is 0 Å². The van der Waals surface area contributed by atoms with E-state index in [2.05, 4.69) is 20.8 Å². The summed E-state index contributed by atoms with van der Waals surface area (Å²) in [6.45, 7) is 0. The van der Waals surface area contributed by atoms with Crippen LogP contribution in [0.5, 0.6) is 0 Å². The summed E-state index contributed by atoms with van der Waals surface area (Å²) in [5.41, 5.74) is 2.00. The Balaban J connectivity index is 1.57. The van der Waals surface area contributed by atoms with Gasteiger partial charge in [-0.1, -0.05) is 12.1 Å². The molecule has 9 heteroatoms. The standard InChI is InChI=1S/C21H20F3N5O/c1-29(2)18-12-19(28-25-13-18)26-16-7-9-17(10-8-16)27-20(30)11-14-3-5-15(6-4-14)21(22,23)24/h3-10,12-13H,11H2,1-2H3,(H,26,28)(H,27,30). The molecule has 1 heterocycles. The molecule has 0 saturated heterocycles. The summed E-state index contributed by atoms with van der Waals surface area (Å²) < 4.78 is 37.8. The van der Waals surface area contributed by atoms with Crippen molar-refractivity contribution in [3.05, 3.63) is 71.9 Å². The lowest BCUT2D eigenvalue weighted by Gasteiger charge is -2.13. The van der Waals surface area contributed by atoms with Gasteiger partial charge in [0.05, 0.1) is 23.9 Å². The molecule has 2 N–H and O–H groups in total.